The highest BCUT2D eigenvalue weighted by Crippen LogP contribution is 2.26. The number of nitrogens with one attached hydrogen (secondary N) is 1. The lowest BCUT2D eigenvalue weighted by Gasteiger charge is -2.33. The molecule has 2 aliphatic heterocycles. The van der Waals surface area contributed by atoms with E-state index in [1.54, 1.807) is 6.20 Å². The number of pyridine rings is 1. The molecule has 4 heterocycles. The molecule has 0 aromatic carbocycles. The second-order valence-electron chi connectivity index (χ2n) is 8.19. The molecule has 0 unspecified atom stereocenters. The number of aromatic amines is 1. The molecule has 2 aromatic rings. The number of hydrogen-bond donors (Lipinski definition) is 1. The van der Waals surface area contributed by atoms with Crippen molar-refractivity contribution < 1.29 is 8.42 Å². The van der Waals surface area contributed by atoms with E-state index >= 15 is 0 Å². The van der Waals surface area contributed by atoms with Crippen molar-refractivity contribution in [1.29, 1.82) is 0 Å². The Kier molecular flexibility index (Phi) is 6.01. The Morgan fingerprint density at radius 1 is 1.30 bits per heavy atom. The molecular weight excluding hydrogens is 404 g/mol. The molecule has 1 saturated heterocycles. The summed E-state index contributed by atoms with van der Waals surface area (Å²) in [4.78, 5) is 27.1. The molecule has 4 rings (SSSR count). The van der Waals surface area contributed by atoms with Crippen LogP contribution in [0.4, 0.5) is 0 Å². The average Bonchev–Trinajstić information content (AvgIpc) is 2.74. The van der Waals surface area contributed by atoms with Crippen LogP contribution in [0.25, 0.3) is 0 Å². The van der Waals surface area contributed by atoms with Gasteiger partial charge >= 0.3 is 0 Å². The molecule has 0 radical (unpaired) electrons. The summed E-state index contributed by atoms with van der Waals surface area (Å²) in [7, 11) is -0.559. The minimum absolute atomic E-state index is 0.0657. The lowest BCUT2D eigenvalue weighted by atomic mass is 9.96. The zero-order chi connectivity index (χ0) is 21.3. The second kappa shape index (κ2) is 8.54. The van der Waals surface area contributed by atoms with Crippen LogP contribution < -0.4 is 5.56 Å². The molecule has 0 aliphatic carbocycles. The molecule has 0 bridgehead atoms. The maximum Gasteiger partial charge on any atom is 0.281 e. The van der Waals surface area contributed by atoms with Gasteiger partial charge in [-0.3, -0.25) is 14.7 Å². The number of nitrogens with zero attached hydrogens (tertiary/aromatic N) is 5. The molecular formula is C20H28N6O3S. The Morgan fingerprint density at radius 2 is 2.13 bits per heavy atom. The fraction of sp³-hybridized carbons (Fsp3) is 0.550. The van der Waals surface area contributed by atoms with Crippen molar-refractivity contribution in [3.63, 3.8) is 0 Å². The van der Waals surface area contributed by atoms with Crippen molar-refractivity contribution >= 4 is 10.2 Å². The van der Waals surface area contributed by atoms with Gasteiger partial charge in [-0.1, -0.05) is 6.07 Å². The van der Waals surface area contributed by atoms with Crippen LogP contribution in [0.1, 0.15) is 41.4 Å². The van der Waals surface area contributed by atoms with Crippen molar-refractivity contribution in [3.05, 3.63) is 57.5 Å². The van der Waals surface area contributed by atoms with Crippen LogP contribution in [-0.2, 0) is 29.7 Å². The molecule has 2 aliphatic rings. The van der Waals surface area contributed by atoms with Crippen LogP contribution in [0, 0.1) is 0 Å². The summed E-state index contributed by atoms with van der Waals surface area (Å²) < 4.78 is 27.3. The number of H-pyrrole nitrogens is 1. The maximum absolute atomic E-state index is 12.8. The summed E-state index contributed by atoms with van der Waals surface area (Å²) >= 11 is 0. The predicted molar refractivity (Wildman–Crippen MR) is 113 cm³/mol. The van der Waals surface area contributed by atoms with Gasteiger partial charge in [0.2, 0.25) is 0 Å². The number of likely N-dealkylation sites (tertiary alicyclic amines) is 1. The van der Waals surface area contributed by atoms with E-state index < -0.39 is 10.2 Å². The van der Waals surface area contributed by atoms with E-state index in [0.717, 1.165) is 44.0 Å². The summed E-state index contributed by atoms with van der Waals surface area (Å²) in [6, 6.07) is 4.02. The first kappa shape index (κ1) is 21.1. The summed E-state index contributed by atoms with van der Waals surface area (Å²) in [6.45, 7) is 3.07. The molecule has 2 aromatic heterocycles. The van der Waals surface area contributed by atoms with E-state index in [1.165, 1.54) is 28.3 Å². The van der Waals surface area contributed by atoms with E-state index in [4.69, 9.17) is 4.98 Å². The first-order chi connectivity index (χ1) is 14.3. The zero-order valence-corrected chi connectivity index (χ0v) is 18.2. The standard InChI is InChI=1S/C20H28N6O3S/c1-24(2)30(28,29)26-10-7-18-17(14-26)20(27)23-19(22-18)16-6-4-9-25(13-16)12-15-5-3-8-21-11-15/h3,5,8,11,16H,4,6-7,9-10,12-14H2,1-2H3,(H,22,23,27)/t16-/m1/s1. The molecule has 0 amide bonds. The van der Waals surface area contributed by atoms with E-state index in [2.05, 4.69) is 20.9 Å². The van der Waals surface area contributed by atoms with Gasteiger partial charge in [0.15, 0.2) is 0 Å². The molecule has 0 saturated carbocycles. The Balaban J connectivity index is 1.51. The van der Waals surface area contributed by atoms with Gasteiger partial charge in [0.25, 0.3) is 15.8 Å². The highest BCUT2D eigenvalue weighted by Gasteiger charge is 2.32. The molecule has 9 nitrogen and oxygen atoms in total. The number of aromatic nitrogens is 3. The minimum Gasteiger partial charge on any atom is -0.310 e. The van der Waals surface area contributed by atoms with Gasteiger partial charge in [0.05, 0.1) is 11.3 Å². The predicted octanol–water partition coefficient (Wildman–Crippen LogP) is 0.709. The first-order valence-corrected chi connectivity index (χ1v) is 11.6. The monoisotopic (exact) mass is 432 g/mol. The smallest absolute Gasteiger partial charge is 0.281 e. The molecule has 1 fully saturated rings. The van der Waals surface area contributed by atoms with Gasteiger partial charge < -0.3 is 4.98 Å². The van der Waals surface area contributed by atoms with Crippen LogP contribution in [0.2, 0.25) is 0 Å². The minimum atomic E-state index is -3.55. The van der Waals surface area contributed by atoms with E-state index in [0.29, 0.717) is 18.5 Å². The third kappa shape index (κ3) is 4.31. The Morgan fingerprint density at radius 3 is 2.87 bits per heavy atom. The molecule has 0 spiro atoms. The Bertz CT molecular complexity index is 1050. The largest absolute Gasteiger partial charge is 0.310 e. The van der Waals surface area contributed by atoms with Gasteiger partial charge in [-0.2, -0.15) is 17.0 Å². The molecule has 1 atom stereocenters. The lowest BCUT2D eigenvalue weighted by molar-refractivity contribution is 0.196. The van der Waals surface area contributed by atoms with Crippen molar-refractivity contribution in [3.8, 4) is 0 Å². The SMILES string of the molecule is CN(C)S(=O)(=O)N1CCc2nc([C@@H]3CCCN(Cc4cccnc4)C3)[nH]c(=O)c2C1. The zero-order valence-electron chi connectivity index (χ0n) is 17.4. The number of fused-ring (bicyclic) bond motifs is 1. The Hall–Kier alpha value is -2.14. The summed E-state index contributed by atoms with van der Waals surface area (Å²) in [5.41, 5.74) is 2.13. The quantitative estimate of drug-likeness (QED) is 0.747. The Labute approximate surface area is 176 Å². The van der Waals surface area contributed by atoms with Crippen molar-refractivity contribution in [2.45, 2.75) is 38.3 Å². The fourth-order valence-electron chi connectivity index (χ4n) is 4.21. The third-order valence-corrected chi connectivity index (χ3v) is 7.75. The number of piperidine rings is 1. The first-order valence-electron chi connectivity index (χ1n) is 10.3. The van der Waals surface area contributed by atoms with E-state index in [1.807, 2.05) is 12.3 Å². The van der Waals surface area contributed by atoms with Crippen LogP contribution in [0.5, 0.6) is 0 Å². The van der Waals surface area contributed by atoms with Crippen molar-refractivity contribution in [2.24, 2.45) is 0 Å². The third-order valence-electron chi connectivity index (χ3n) is 5.86. The van der Waals surface area contributed by atoms with Crippen LogP contribution >= 0.6 is 0 Å². The lowest BCUT2D eigenvalue weighted by Crippen LogP contribution is -2.45. The van der Waals surface area contributed by atoms with Crippen LogP contribution in [0.15, 0.2) is 29.3 Å². The molecule has 1 N–H and O–H groups in total. The van der Waals surface area contributed by atoms with Gasteiger partial charge in [0.1, 0.15) is 5.82 Å². The van der Waals surface area contributed by atoms with Crippen LogP contribution in [0.3, 0.4) is 0 Å². The van der Waals surface area contributed by atoms with Gasteiger partial charge in [-0.25, -0.2) is 4.98 Å². The topological polar surface area (TPSA) is 102 Å². The van der Waals surface area contributed by atoms with Crippen LogP contribution in [-0.4, -0.2) is 70.6 Å². The summed E-state index contributed by atoms with van der Waals surface area (Å²) in [5.74, 6) is 0.885. The van der Waals surface area contributed by atoms with Crippen molar-refractivity contribution in [1.82, 2.24) is 28.5 Å². The van der Waals surface area contributed by atoms with Gasteiger partial charge in [-0.05, 0) is 31.0 Å². The average molecular weight is 433 g/mol. The summed E-state index contributed by atoms with van der Waals surface area (Å²) in [5, 5.41) is 0. The maximum atomic E-state index is 12.8. The molecule has 162 valence electrons. The fourth-order valence-corrected chi connectivity index (χ4v) is 5.29. The summed E-state index contributed by atoms with van der Waals surface area (Å²) in [6.07, 6.45) is 6.13. The highest BCUT2D eigenvalue weighted by atomic mass is 32.2. The second-order valence-corrected chi connectivity index (χ2v) is 10.3. The number of hydrogen-bond acceptors (Lipinski definition) is 6. The van der Waals surface area contributed by atoms with Gasteiger partial charge in [0, 0.05) is 65.0 Å². The van der Waals surface area contributed by atoms with Crippen molar-refractivity contribution in [2.75, 3.05) is 33.7 Å². The number of rotatable bonds is 5. The van der Waals surface area contributed by atoms with E-state index in [-0.39, 0.29) is 18.0 Å². The normalized spacial score (nSPS) is 21.0. The highest BCUT2D eigenvalue weighted by molar-refractivity contribution is 7.86. The molecule has 10 heteroatoms. The van der Waals surface area contributed by atoms with Gasteiger partial charge in [-0.15, -0.1) is 0 Å². The van der Waals surface area contributed by atoms with E-state index in [9.17, 15) is 13.2 Å². The molecule has 30 heavy (non-hydrogen) atoms.